The molecule has 0 saturated heterocycles. The molecule has 0 saturated carbocycles. The maximum Gasteiger partial charge on any atom is 0.355 e. The van der Waals surface area contributed by atoms with Crippen molar-refractivity contribution in [2.24, 2.45) is 0 Å². The number of aromatic nitrogens is 1. The van der Waals surface area contributed by atoms with E-state index in [9.17, 15) is 14.0 Å². The summed E-state index contributed by atoms with van der Waals surface area (Å²) in [5.41, 5.74) is 0.569. The van der Waals surface area contributed by atoms with Gasteiger partial charge in [0.1, 0.15) is 11.5 Å². The molecule has 6 heteroatoms. The lowest BCUT2D eigenvalue weighted by atomic mass is 10.3. The largest absolute Gasteiger partial charge is 0.451 e. The lowest BCUT2D eigenvalue weighted by Crippen LogP contribution is -2.21. The maximum atomic E-state index is 12.9. The van der Waals surface area contributed by atoms with Crippen LogP contribution in [0.5, 0.6) is 0 Å². The van der Waals surface area contributed by atoms with Gasteiger partial charge in [0.25, 0.3) is 5.91 Å². The second-order valence-electron chi connectivity index (χ2n) is 3.72. The van der Waals surface area contributed by atoms with Gasteiger partial charge in [0.2, 0.25) is 0 Å². The highest BCUT2D eigenvalue weighted by Crippen LogP contribution is 2.08. The van der Waals surface area contributed by atoms with Crippen molar-refractivity contribution in [2.45, 2.75) is 0 Å². The average Bonchev–Trinajstić information content (AvgIpc) is 2.90. The Balaban J connectivity index is 1.83. The molecule has 0 radical (unpaired) electrons. The third-order valence-electron chi connectivity index (χ3n) is 2.26. The molecule has 2 N–H and O–H groups in total. The Bertz CT molecular complexity index is 581. The van der Waals surface area contributed by atoms with Crippen molar-refractivity contribution in [1.82, 2.24) is 4.98 Å². The summed E-state index contributed by atoms with van der Waals surface area (Å²) in [6.45, 7) is -0.436. The smallest absolute Gasteiger partial charge is 0.355 e. The Morgan fingerprint density at radius 3 is 2.79 bits per heavy atom. The van der Waals surface area contributed by atoms with Gasteiger partial charge in [-0.1, -0.05) is 6.07 Å². The number of ether oxygens (including phenoxy) is 1. The van der Waals surface area contributed by atoms with Crippen LogP contribution in [0.4, 0.5) is 10.1 Å². The number of rotatable bonds is 4. The number of amides is 1. The monoisotopic (exact) mass is 262 g/mol. The third-order valence-corrected chi connectivity index (χ3v) is 2.26. The van der Waals surface area contributed by atoms with Crippen molar-refractivity contribution in [3.63, 3.8) is 0 Å². The highest BCUT2D eigenvalue weighted by Gasteiger charge is 2.10. The number of anilines is 1. The van der Waals surface area contributed by atoms with E-state index in [2.05, 4.69) is 10.3 Å². The normalized spacial score (nSPS) is 9.95. The highest BCUT2D eigenvalue weighted by atomic mass is 19.1. The molecule has 0 spiro atoms. The second-order valence-corrected chi connectivity index (χ2v) is 3.72. The maximum absolute atomic E-state index is 12.9. The summed E-state index contributed by atoms with van der Waals surface area (Å²) in [5.74, 6) is -1.62. The molecule has 0 aliphatic carbocycles. The number of nitrogens with one attached hydrogen (secondary N) is 2. The van der Waals surface area contributed by atoms with E-state index in [1.165, 1.54) is 30.3 Å². The van der Waals surface area contributed by atoms with E-state index in [-0.39, 0.29) is 5.69 Å². The van der Waals surface area contributed by atoms with Gasteiger partial charge in [-0.25, -0.2) is 9.18 Å². The van der Waals surface area contributed by atoms with E-state index >= 15 is 0 Å². The van der Waals surface area contributed by atoms with Crippen LogP contribution in [0.2, 0.25) is 0 Å². The van der Waals surface area contributed by atoms with Crippen molar-refractivity contribution in [3.8, 4) is 0 Å². The van der Waals surface area contributed by atoms with Crippen LogP contribution in [0.15, 0.2) is 42.6 Å². The molecule has 19 heavy (non-hydrogen) atoms. The van der Waals surface area contributed by atoms with Crippen molar-refractivity contribution in [2.75, 3.05) is 11.9 Å². The van der Waals surface area contributed by atoms with Crippen LogP contribution < -0.4 is 5.32 Å². The van der Waals surface area contributed by atoms with Crippen molar-refractivity contribution < 1.29 is 18.7 Å². The molecule has 0 aliphatic heterocycles. The van der Waals surface area contributed by atoms with Gasteiger partial charge in [-0.05, 0) is 30.3 Å². The summed E-state index contributed by atoms with van der Waals surface area (Å²) < 4.78 is 17.7. The van der Waals surface area contributed by atoms with Crippen molar-refractivity contribution in [1.29, 1.82) is 0 Å². The number of aromatic amines is 1. The molecule has 1 heterocycles. The minimum absolute atomic E-state index is 0.263. The molecule has 1 aromatic carbocycles. The Hall–Kier alpha value is -2.63. The summed E-state index contributed by atoms with van der Waals surface area (Å²) >= 11 is 0. The first-order chi connectivity index (χ1) is 9.15. The van der Waals surface area contributed by atoms with Crippen LogP contribution >= 0.6 is 0 Å². The number of hydrogen-bond donors (Lipinski definition) is 2. The molecular weight excluding hydrogens is 251 g/mol. The van der Waals surface area contributed by atoms with Crippen LogP contribution in [0.1, 0.15) is 10.5 Å². The summed E-state index contributed by atoms with van der Waals surface area (Å²) in [7, 11) is 0. The van der Waals surface area contributed by atoms with Crippen LogP contribution in [-0.4, -0.2) is 23.5 Å². The van der Waals surface area contributed by atoms with Gasteiger partial charge in [0.15, 0.2) is 6.61 Å². The van der Waals surface area contributed by atoms with E-state index in [4.69, 9.17) is 4.74 Å². The van der Waals surface area contributed by atoms with Gasteiger partial charge in [-0.15, -0.1) is 0 Å². The number of benzene rings is 1. The number of esters is 1. The summed E-state index contributed by atoms with van der Waals surface area (Å²) in [5, 5.41) is 2.42. The summed E-state index contributed by atoms with van der Waals surface area (Å²) in [6.07, 6.45) is 1.57. The van der Waals surface area contributed by atoms with Crippen LogP contribution in [0.3, 0.4) is 0 Å². The standard InChI is InChI=1S/C13H11FN2O3/c14-9-3-1-4-10(7-9)16-12(17)8-19-13(18)11-5-2-6-15-11/h1-7,15H,8H2,(H,16,17). The molecule has 98 valence electrons. The number of carbonyl (C=O) groups excluding carboxylic acids is 2. The van der Waals surface area contributed by atoms with Gasteiger partial charge in [0.05, 0.1) is 0 Å². The van der Waals surface area contributed by atoms with Crippen molar-refractivity contribution in [3.05, 3.63) is 54.1 Å². The predicted molar refractivity (Wildman–Crippen MR) is 66.1 cm³/mol. The highest BCUT2D eigenvalue weighted by molar-refractivity contribution is 5.94. The Morgan fingerprint density at radius 2 is 2.11 bits per heavy atom. The molecule has 5 nitrogen and oxygen atoms in total. The molecular formula is C13H11FN2O3. The molecule has 1 aromatic heterocycles. The minimum atomic E-state index is -0.626. The molecule has 0 bridgehead atoms. The molecule has 0 fully saturated rings. The van der Waals surface area contributed by atoms with Gasteiger partial charge < -0.3 is 15.0 Å². The SMILES string of the molecule is O=C(COC(=O)c1ccc[nH]1)Nc1cccc(F)c1. The van der Waals surface area contributed by atoms with Gasteiger partial charge in [-0.2, -0.15) is 0 Å². The number of hydrogen-bond acceptors (Lipinski definition) is 3. The first-order valence-electron chi connectivity index (χ1n) is 5.51. The fourth-order valence-corrected chi connectivity index (χ4v) is 1.43. The zero-order valence-electron chi connectivity index (χ0n) is 9.85. The summed E-state index contributed by atoms with van der Waals surface area (Å²) in [6, 6.07) is 8.62. The van der Waals surface area contributed by atoms with Gasteiger partial charge in [-0.3, -0.25) is 4.79 Å². The van der Waals surface area contributed by atoms with E-state index in [0.29, 0.717) is 5.69 Å². The fraction of sp³-hybridized carbons (Fsp3) is 0.0769. The second kappa shape index (κ2) is 5.81. The molecule has 2 rings (SSSR count). The Morgan fingerprint density at radius 1 is 1.26 bits per heavy atom. The number of halogens is 1. The lowest BCUT2D eigenvalue weighted by Gasteiger charge is -2.05. The van der Waals surface area contributed by atoms with E-state index in [1.54, 1.807) is 12.3 Å². The predicted octanol–water partition coefficient (Wildman–Crippen LogP) is 1.95. The van der Waals surface area contributed by atoms with E-state index in [0.717, 1.165) is 0 Å². The molecule has 0 atom stereocenters. The molecule has 1 amide bonds. The Kier molecular flexibility index (Phi) is 3.92. The van der Waals surface area contributed by atoms with Crippen LogP contribution in [-0.2, 0) is 9.53 Å². The topological polar surface area (TPSA) is 71.2 Å². The number of H-pyrrole nitrogens is 1. The van der Waals surface area contributed by atoms with Crippen LogP contribution in [0.25, 0.3) is 0 Å². The molecule has 2 aromatic rings. The summed E-state index contributed by atoms with van der Waals surface area (Å²) in [4.78, 5) is 25.6. The van der Waals surface area contributed by atoms with E-state index < -0.39 is 24.3 Å². The van der Waals surface area contributed by atoms with Gasteiger partial charge >= 0.3 is 5.97 Å². The number of carbonyl (C=O) groups is 2. The minimum Gasteiger partial charge on any atom is -0.451 e. The third kappa shape index (κ3) is 3.67. The zero-order valence-corrected chi connectivity index (χ0v) is 9.85. The van der Waals surface area contributed by atoms with Crippen LogP contribution in [0, 0.1) is 5.82 Å². The van der Waals surface area contributed by atoms with E-state index in [1.807, 2.05) is 0 Å². The average molecular weight is 262 g/mol. The Labute approximate surface area is 108 Å². The fourth-order valence-electron chi connectivity index (χ4n) is 1.43. The van der Waals surface area contributed by atoms with Crippen molar-refractivity contribution >= 4 is 17.6 Å². The first-order valence-corrected chi connectivity index (χ1v) is 5.51. The first kappa shape index (κ1) is 12.8. The lowest BCUT2D eigenvalue weighted by molar-refractivity contribution is -0.119. The molecule has 0 aliphatic rings. The van der Waals surface area contributed by atoms with Gasteiger partial charge in [0, 0.05) is 11.9 Å². The quantitative estimate of drug-likeness (QED) is 0.827. The zero-order chi connectivity index (χ0) is 13.7. The molecule has 0 unspecified atom stereocenters.